The van der Waals surface area contributed by atoms with Crippen molar-refractivity contribution in [1.29, 1.82) is 0 Å². The van der Waals surface area contributed by atoms with Gasteiger partial charge in [-0.15, -0.1) is 22.8 Å². The van der Waals surface area contributed by atoms with Gasteiger partial charge in [0.2, 0.25) is 0 Å². The Bertz CT molecular complexity index is 747. The number of hydrogen-bond donors (Lipinski definition) is 1. The average Bonchev–Trinajstić information content (AvgIpc) is 2.85. The van der Waals surface area contributed by atoms with Crippen LogP contribution in [0.1, 0.15) is 11.4 Å². The van der Waals surface area contributed by atoms with E-state index in [-0.39, 0.29) is 0 Å². The number of imidazole rings is 1. The second kappa shape index (κ2) is 5.09. The second-order valence-corrected chi connectivity index (χ2v) is 5.08. The van der Waals surface area contributed by atoms with E-state index in [4.69, 9.17) is 0 Å². The number of aryl methyl sites for hydroxylation is 2. The molecule has 0 saturated carbocycles. The van der Waals surface area contributed by atoms with Gasteiger partial charge in [0.25, 0.3) is 0 Å². The molecule has 0 aliphatic rings. The maximum absolute atomic E-state index is 4.23. The summed E-state index contributed by atoms with van der Waals surface area (Å²) in [6.07, 6.45) is 3.75. The molecule has 0 atom stereocenters. The SMILES string of the molecule is Cc1cc(S)nnc1-c1ccc(-n2ccnc2C)cc1. The standard InChI is InChI=1S/C15H14N4S/c1-10-9-14(20)17-18-15(10)12-3-5-13(6-4-12)19-8-7-16-11(19)2/h3-9H,1-2H3,(H,17,20). The van der Waals surface area contributed by atoms with Gasteiger partial charge >= 0.3 is 0 Å². The van der Waals surface area contributed by atoms with E-state index in [9.17, 15) is 0 Å². The van der Waals surface area contributed by atoms with Crippen LogP contribution in [0, 0.1) is 13.8 Å². The highest BCUT2D eigenvalue weighted by atomic mass is 32.1. The minimum Gasteiger partial charge on any atom is -0.304 e. The molecule has 0 bridgehead atoms. The van der Waals surface area contributed by atoms with Crippen molar-refractivity contribution < 1.29 is 0 Å². The molecule has 0 aliphatic carbocycles. The molecule has 0 fully saturated rings. The lowest BCUT2D eigenvalue weighted by molar-refractivity contribution is 0.927. The Morgan fingerprint density at radius 2 is 1.80 bits per heavy atom. The van der Waals surface area contributed by atoms with E-state index in [1.54, 1.807) is 6.20 Å². The van der Waals surface area contributed by atoms with Crippen molar-refractivity contribution in [3.05, 3.63) is 54.1 Å². The maximum Gasteiger partial charge on any atom is 0.116 e. The molecule has 0 radical (unpaired) electrons. The minimum atomic E-state index is 0.636. The zero-order chi connectivity index (χ0) is 14.1. The van der Waals surface area contributed by atoms with E-state index in [0.717, 1.165) is 28.3 Å². The van der Waals surface area contributed by atoms with Gasteiger partial charge in [-0.05, 0) is 37.6 Å². The summed E-state index contributed by atoms with van der Waals surface area (Å²) in [6.45, 7) is 3.99. The van der Waals surface area contributed by atoms with Crippen LogP contribution >= 0.6 is 12.6 Å². The van der Waals surface area contributed by atoms with E-state index in [2.05, 4.69) is 39.9 Å². The fraction of sp³-hybridized carbons (Fsp3) is 0.133. The maximum atomic E-state index is 4.23. The Kier molecular flexibility index (Phi) is 3.28. The summed E-state index contributed by atoms with van der Waals surface area (Å²) < 4.78 is 2.04. The molecule has 1 aromatic carbocycles. The zero-order valence-corrected chi connectivity index (χ0v) is 12.2. The van der Waals surface area contributed by atoms with Crippen LogP contribution in [0.3, 0.4) is 0 Å². The highest BCUT2D eigenvalue weighted by Crippen LogP contribution is 2.23. The number of aromatic nitrogens is 4. The van der Waals surface area contributed by atoms with Crippen LogP contribution in [0.25, 0.3) is 16.9 Å². The Hall–Kier alpha value is -2.14. The highest BCUT2D eigenvalue weighted by Gasteiger charge is 2.06. The van der Waals surface area contributed by atoms with Gasteiger partial charge in [0.15, 0.2) is 0 Å². The molecular weight excluding hydrogens is 268 g/mol. The van der Waals surface area contributed by atoms with Gasteiger partial charge in [-0.3, -0.25) is 0 Å². The molecule has 0 saturated heterocycles. The largest absolute Gasteiger partial charge is 0.304 e. The molecule has 0 aliphatic heterocycles. The van der Waals surface area contributed by atoms with Crippen LogP contribution in [0.2, 0.25) is 0 Å². The highest BCUT2D eigenvalue weighted by molar-refractivity contribution is 7.80. The van der Waals surface area contributed by atoms with Crippen molar-refractivity contribution in [2.75, 3.05) is 0 Å². The van der Waals surface area contributed by atoms with Crippen LogP contribution in [-0.2, 0) is 0 Å². The smallest absolute Gasteiger partial charge is 0.116 e. The second-order valence-electron chi connectivity index (χ2n) is 4.63. The first-order chi connectivity index (χ1) is 9.65. The molecule has 0 spiro atoms. The third-order valence-electron chi connectivity index (χ3n) is 3.22. The molecule has 100 valence electrons. The lowest BCUT2D eigenvalue weighted by Gasteiger charge is -2.08. The predicted molar refractivity (Wildman–Crippen MR) is 81.3 cm³/mol. The van der Waals surface area contributed by atoms with Crippen LogP contribution in [0.4, 0.5) is 0 Å². The van der Waals surface area contributed by atoms with E-state index < -0.39 is 0 Å². The number of thiol groups is 1. The monoisotopic (exact) mass is 282 g/mol. The minimum absolute atomic E-state index is 0.636. The van der Waals surface area contributed by atoms with Crippen LogP contribution in [-0.4, -0.2) is 19.7 Å². The van der Waals surface area contributed by atoms with Gasteiger partial charge in [0.1, 0.15) is 10.9 Å². The van der Waals surface area contributed by atoms with Gasteiger partial charge in [-0.25, -0.2) is 4.98 Å². The zero-order valence-electron chi connectivity index (χ0n) is 11.3. The molecule has 3 rings (SSSR count). The van der Waals surface area contributed by atoms with Crippen molar-refractivity contribution in [2.45, 2.75) is 18.9 Å². The Morgan fingerprint density at radius 1 is 1.05 bits per heavy atom. The number of hydrogen-bond acceptors (Lipinski definition) is 4. The summed E-state index contributed by atoms with van der Waals surface area (Å²) in [5.74, 6) is 0.966. The van der Waals surface area contributed by atoms with Gasteiger partial charge < -0.3 is 4.57 Å². The van der Waals surface area contributed by atoms with Gasteiger partial charge in [0, 0.05) is 23.6 Å². The van der Waals surface area contributed by atoms with E-state index in [0.29, 0.717) is 5.03 Å². The van der Waals surface area contributed by atoms with Crippen molar-refractivity contribution in [2.24, 2.45) is 0 Å². The predicted octanol–water partition coefficient (Wildman–Crippen LogP) is 3.23. The Balaban J connectivity index is 1.99. The molecule has 3 aromatic rings. The topological polar surface area (TPSA) is 43.6 Å². The molecule has 0 unspecified atom stereocenters. The third kappa shape index (κ3) is 2.32. The first-order valence-corrected chi connectivity index (χ1v) is 6.74. The van der Waals surface area contributed by atoms with Crippen molar-refractivity contribution >= 4 is 12.6 Å². The summed E-state index contributed by atoms with van der Waals surface area (Å²) in [7, 11) is 0. The van der Waals surface area contributed by atoms with E-state index in [1.165, 1.54) is 0 Å². The van der Waals surface area contributed by atoms with Crippen molar-refractivity contribution in [1.82, 2.24) is 19.7 Å². The quantitative estimate of drug-likeness (QED) is 0.734. The third-order valence-corrected chi connectivity index (χ3v) is 3.43. The molecular formula is C15H14N4S. The molecule has 0 amide bonds. The van der Waals surface area contributed by atoms with Gasteiger partial charge in [0.05, 0.1) is 5.69 Å². The van der Waals surface area contributed by atoms with Crippen LogP contribution in [0.5, 0.6) is 0 Å². The summed E-state index contributed by atoms with van der Waals surface area (Å²) >= 11 is 4.20. The van der Waals surface area contributed by atoms with E-state index >= 15 is 0 Å². The number of nitrogens with zero attached hydrogens (tertiary/aromatic N) is 4. The van der Waals surface area contributed by atoms with Crippen molar-refractivity contribution in [3.63, 3.8) is 0 Å². The lowest BCUT2D eigenvalue weighted by atomic mass is 10.1. The number of rotatable bonds is 2. The van der Waals surface area contributed by atoms with Crippen LogP contribution in [0.15, 0.2) is 47.8 Å². The molecule has 0 N–H and O–H groups in total. The molecule has 5 heteroatoms. The van der Waals surface area contributed by atoms with Crippen LogP contribution < -0.4 is 0 Å². The van der Waals surface area contributed by atoms with Gasteiger partial charge in [-0.2, -0.15) is 0 Å². The summed E-state index contributed by atoms with van der Waals surface area (Å²) in [5, 5.41) is 8.85. The Labute approximate surface area is 122 Å². The fourth-order valence-corrected chi connectivity index (χ4v) is 2.43. The van der Waals surface area contributed by atoms with Crippen molar-refractivity contribution in [3.8, 4) is 16.9 Å². The molecule has 4 nitrogen and oxygen atoms in total. The fourth-order valence-electron chi connectivity index (χ4n) is 2.19. The summed E-state index contributed by atoms with van der Waals surface area (Å²) in [6, 6.07) is 10.1. The molecule has 2 heterocycles. The number of benzene rings is 1. The summed E-state index contributed by atoms with van der Waals surface area (Å²) in [5.41, 5.74) is 4.08. The first kappa shape index (κ1) is 12.9. The molecule has 20 heavy (non-hydrogen) atoms. The normalized spacial score (nSPS) is 10.8. The van der Waals surface area contributed by atoms with Gasteiger partial charge in [-0.1, -0.05) is 12.1 Å². The molecule has 2 aromatic heterocycles. The van der Waals surface area contributed by atoms with E-state index in [1.807, 2.05) is 42.8 Å². The summed E-state index contributed by atoms with van der Waals surface area (Å²) in [4.78, 5) is 4.23. The average molecular weight is 282 g/mol. The first-order valence-electron chi connectivity index (χ1n) is 6.29. The lowest BCUT2D eigenvalue weighted by Crippen LogP contribution is -1.96. The Morgan fingerprint density at radius 3 is 2.40 bits per heavy atom.